The molecule has 2 N–H and O–H groups in total. The number of nitrogens with one attached hydrogen (secondary N) is 2. The van der Waals surface area contributed by atoms with Crippen LogP contribution in [0.1, 0.15) is 47.0 Å². The predicted molar refractivity (Wildman–Crippen MR) is 155 cm³/mol. The Morgan fingerprint density at radius 1 is 0.921 bits per heavy atom. The second-order valence-electron chi connectivity index (χ2n) is 9.33. The summed E-state index contributed by atoms with van der Waals surface area (Å²) < 4.78 is 5.79. The lowest BCUT2D eigenvalue weighted by Gasteiger charge is -2.08. The number of aryl methyl sites for hydroxylation is 3. The monoisotopic (exact) mass is 523 g/mol. The van der Waals surface area contributed by atoms with E-state index < -0.39 is 5.91 Å². The number of benzene rings is 3. The van der Waals surface area contributed by atoms with Crippen LogP contribution in [0.25, 0.3) is 28.0 Å². The Morgan fingerprint density at radius 3 is 2.47 bits per heavy atom. The minimum atomic E-state index is -0.424. The molecule has 0 unspecified atom stereocenters. The van der Waals surface area contributed by atoms with Crippen LogP contribution in [0, 0.1) is 13.8 Å². The molecule has 0 aliphatic rings. The molecule has 7 nitrogen and oxygen atoms in total. The van der Waals surface area contributed by atoms with Gasteiger partial charge in [0.2, 0.25) is 0 Å². The van der Waals surface area contributed by atoms with Gasteiger partial charge in [0.05, 0.1) is 5.69 Å². The number of amides is 1. The van der Waals surface area contributed by atoms with Gasteiger partial charge in [0.25, 0.3) is 5.91 Å². The van der Waals surface area contributed by atoms with Crippen LogP contribution in [0.15, 0.2) is 77.2 Å². The molecule has 38 heavy (non-hydrogen) atoms. The third-order valence-corrected chi connectivity index (χ3v) is 6.68. The Kier molecular flexibility index (Phi) is 7.33. The molecule has 5 rings (SSSR count). The van der Waals surface area contributed by atoms with Crippen molar-refractivity contribution in [3.63, 3.8) is 0 Å². The maximum absolute atomic E-state index is 12.7. The highest BCUT2D eigenvalue weighted by molar-refractivity contribution is 7.80. The summed E-state index contributed by atoms with van der Waals surface area (Å²) in [4.78, 5) is 14.3. The number of carbonyl (C=O) groups excluding carboxylic acids is 1. The number of nitrogens with zero attached hydrogens (tertiary/aromatic N) is 3. The average molecular weight is 524 g/mol. The van der Waals surface area contributed by atoms with Gasteiger partial charge < -0.3 is 9.73 Å². The molecule has 0 aliphatic heterocycles. The van der Waals surface area contributed by atoms with Crippen molar-refractivity contribution in [2.45, 2.75) is 40.0 Å². The van der Waals surface area contributed by atoms with Crippen LogP contribution in [-0.2, 0) is 6.42 Å². The van der Waals surface area contributed by atoms with Gasteiger partial charge in [0.1, 0.15) is 16.8 Å². The third-order valence-electron chi connectivity index (χ3n) is 6.47. The van der Waals surface area contributed by atoms with Crippen molar-refractivity contribution < 1.29 is 9.21 Å². The quantitative estimate of drug-likeness (QED) is 0.229. The SMILES string of the molecule is CCCCc1ccc(-n2nc3ccc(NC(=S)NC(=O)c4ccc(-c5ccc(C)c(C)c5)o4)cc3n2)cc1. The lowest BCUT2D eigenvalue weighted by molar-refractivity contribution is 0.0951. The van der Waals surface area contributed by atoms with Gasteiger partial charge in [-0.25, -0.2) is 0 Å². The fourth-order valence-corrected chi connectivity index (χ4v) is 4.33. The summed E-state index contributed by atoms with van der Waals surface area (Å²) in [5.74, 6) is 0.384. The molecule has 8 heteroatoms. The fourth-order valence-electron chi connectivity index (χ4n) is 4.12. The van der Waals surface area contributed by atoms with Crippen LogP contribution >= 0.6 is 12.2 Å². The van der Waals surface area contributed by atoms with Crippen LogP contribution in [0.4, 0.5) is 5.69 Å². The van der Waals surface area contributed by atoms with Crippen LogP contribution in [0.3, 0.4) is 0 Å². The average Bonchev–Trinajstić information content (AvgIpc) is 3.57. The molecule has 192 valence electrons. The summed E-state index contributed by atoms with van der Waals surface area (Å²) >= 11 is 5.36. The molecular formula is C30H29N5O2S. The maximum Gasteiger partial charge on any atom is 0.293 e. The summed E-state index contributed by atoms with van der Waals surface area (Å²) in [6.07, 6.45) is 3.43. The smallest absolute Gasteiger partial charge is 0.293 e. The van der Waals surface area contributed by atoms with Crippen molar-refractivity contribution in [2.24, 2.45) is 0 Å². The highest BCUT2D eigenvalue weighted by atomic mass is 32.1. The Bertz CT molecular complexity index is 1620. The first-order valence-corrected chi connectivity index (χ1v) is 13.1. The number of unbranched alkanes of at least 4 members (excludes halogenated alkanes) is 1. The topological polar surface area (TPSA) is 85.0 Å². The van der Waals surface area contributed by atoms with Gasteiger partial charge >= 0.3 is 0 Å². The first kappa shape index (κ1) is 25.4. The normalized spacial score (nSPS) is 11.0. The van der Waals surface area contributed by atoms with Crippen LogP contribution in [-0.4, -0.2) is 26.0 Å². The number of fused-ring (bicyclic) bond motifs is 1. The van der Waals surface area contributed by atoms with E-state index in [-0.39, 0.29) is 10.9 Å². The Morgan fingerprint density at radius 2 is 1.71 bits per heavy atom. The van der Waals surface area contributed by atoms with Gasteiger partial charge in [-0.15, -0.1) is 10.2 Å². The summed E-state index contributed by atoms with van der Waals surface area (Å²) in [7, 11) is 0. The molecule has 0 saturated carbocycles. The minimum Gasteiger partial charge on any atom is -0.451 e. The summed E-state index contributed by atoms with van der Waals surface area (Å²) in [6, 6.07) is 23.3. The number of rotatable bonds is 7. The molecule has 3 aromatic carbocycles. The lowest BCUT2D eigenvalue weighted by atomic mass is 10.1. The van der Waals surface area contributed by atoms with Crippen molar-refractivity contribution >= 4 is 40.0 Å². The van der Waals surface area contributed by atoms with Gasteiger partial charge in [0.15, 0.2) is 10.9 Å². The molecular weight excluding hydrogens is 494 g/mol. The van der Waals surface area contributed by atoms with Gasteiger partial charge in [-0.3, -0.25) is 10.1 Å². The second-order valence-corrected chi connectivity index (χ2v) is 9.74. The first-order chi connectivity index (χ1) is 18.4. The molecule has 2 heterocycles. The molecule has 0 atom stereocenters. The highest BCUT2D eigenvalue weighted by Crippen LogP contribution is 2.24. The van der Waals surface area contributed by atoms with E-state index in [0.29, 0.717) is 17.0 Å². The van der Waals surface area contributed by atoms with E-state index in [0.717, 1.165) is 28.8 Å². The second kappa shape index (κ2) is 11.0. The van der Waals surface area contributed by atoms with Crippen molar-refractivity contribution in [1.29, 1.82) is 0 Å². The van der Waals surface area contributed by atoms with E-state index in [2.05, 4.69) is 46.8 Å². The number of furan rings is 1. The van der Waals surface area contributed by atoms with Crippen LogP contribution < -0.4 is 10.6 Å². The maximum atomic E-state index is 12.7. The zero-order chi connectivity index (χ0) is 26.6. The van der Waals surface area contributed by atoms with Gasteiger partial charge in [0, 0.05) is 11.3 Å². The molecule has 0 fully saturated rings. The zero-order valence-electron chi connectivity index (χ0n) is 21.6. The molecule has 1 amide bonds. The number of hydrogen-bond acceptors (Lipinski definition) is 5. The number of hydrogen-bond donors (Lipinski definition) is 2. The van der Waals surface area contributed by atoms with Gasteiger partial charge in [-0.2, -0.15) is 4.80 Å². The summed E-state index contributed by atoms with van der Waals surface area (Å²) in [5.41, 5.74) is 7.65. The van der Waals surface area contributed by atoms with Crippen molar-refractivity contribution in [3.8, 4) is 17.0 Å². The third kappa shape index (κ3) is 5.65. The van der Waals surface area contributed by atoms with E-state index in [1.807, 2.05) is 55.5 Å². The Balaban J connectivity index is 1.23. The number of anilines is 1. The minimum absolute atomic E-state index is 0.161. The van der Waals surface area contributed by atoms with E-state index >= 15 is 0 Å². The lowest BCUT2D eigenvalue weighted by Crippen LogP contribution is -2.33. The van der Waals surface area contributed by atoms with Crippen LogP contribution in [0.2, 0.25) is 0 Å². The molecule has 0 aliphatic carbocycles. The molecule has 0 spiro atoms. The van der Waals surface area contributed by atoms with E-state index in [1.54, 1.807) is 16.9 Å². The zero-order valence-corrected chi connectivity index (χ0v) is 22.4. The van der Waals surface area contributed by atoms with Crippen LogP contribution in [0.5, 0.6) is 0 Å². The van der Waals surface area contributed by atoms with E-state index in [1.165, 1.54) is 24.0 Å². The largest absolute Gasteiger partial charge is 0.451 e. The number of carbonyl (C=O) groups is 1. The Hall–Kier alpha value is -4.30. The molecule has 0 bridgehead atoms. The fraction of sp³-hybridized carbons (Fsp3) is 0.200. The summed E-state index contributed by atoms with van der Waals surface area (Å²) in [6.45, 7) is 6.29. The Labute approximate surface area is 226 Å². The molecule has 0 radical (unpaired) electrons. The van der Waals surface area contributed by atoms with Gasteiger partial charge in [-0.05, 0) is 104 Å². The number of thiocarbonyl (C=S) groups is 1. The van der Waals surface area contributed by atoms with Crippen molar-refractivity contribution in [3.05, 3.63) is 95.2 Å². The molecule has 5 aromatic rings. The van der Waals surface area contributed by atoms with Crippen molar-refractivity contribution in [2.75, 3.05) is 5.32 Å². The highest BCUT2D eigenvalue weighted by Gasteiger charge is 2.15. The van der Waals surface area contributed by atoms with Gasteiger partial charge in [-0.1, -0.05) is 37.6 Å². The molecule has 2 aromatic heterocycles. The van der Waals surface area contributed by atoms with Crippen molar-refractivity contribution in [1.82, 2.24) is 20.3 Å². The molecule has 0 saturated heterocycles. The first-order valence-electron chi connectivity index (χ1n) is 12.7. The number of aromatic nitrogens is 3. The standard InChI is InChI=1S/C30H29N5O2S/c1-4-5-6-21-8-12-24(13-9-21)35-33-25-14-11-23(18-26(25)34-35)31-30(38)32-29(36)28-16-15-27(37-28)22-10-7-19(2)20(3)17-22/h7-18H,4-6H2,1-3H3,(H2,31,32,36,38). The van der Waals surface area contributed by atoms with E-state index in [4.69, 9.17) is 16.6 Å². The predicted octanol–water partition coefficient (Wildman–Crippen LogP) is 6.77. The summed E-state index contributed by atoms with van der Waals surface area (Å²) in [5, 5.41) is 15.1. The van der Waals surface area contributed by atoms with E-state index in [9.17, 15) is 4.79 Å².